The first kappa shape index (κ1) is 16.8. The number of amidine groups is 1. The van der Waals surface area contributed by atoms with Crippen LogP contribution in [0.15, 0.2) is 28.3 Å². The lowest BCUT2D eigenvalue weighted by Gasteiger charge is -2.26. The predicted octanol–water partition coefficient (Wildman–Crippen LogP) is 3.82. The lowest BCUT2D eigenvalue weighted by Crippen LogP contribution is -2.29. The van der Waals surface area contributed by atoms with Gasteiger partial charge in [0, 0.05) is 17.7 Å². The smallest absolute Gasteiger partial charge is 0.177 e. The number of hydrogen-bond donors (Lipinski definition) is 1. The van der Waals surface area contributed by atoms with Crippen molar-refractivity contribution in [3.05, 3.63) is 23.8 Å². The van der Waals surface area contributed by atoms with Gasteiger partial charge >= 0.3 is 0 Å². The van der Waals surface area contributed by atoms with Gasteiger partial charge in [0.25, 0.3) is 0 Å². The normalized spacial score (nSPS) is 28.0. The van der Waals surface area contributed by atoms with Crippen molar-refractivity contribution >= 4 is 22.6 Å². The fourth-order valence-electron chi connectivity index (χ4n) is 3.51. The van der Waals surface area contributed by atoms with Crippen LogP contribution in [0.2, 0.25) is 0 Å². The van der Waals surface area contributed by atoms with Gasteiger partial charge in [-0.05, 0) is 37.0 Å². The van der Waals surface area contributed by atoms with Crippen molar-refractivity contribution in [2.75, 3.05) is 19.0 Å². The van der Waals surface area contributed by atoms with E-state index in [2.05, 4.69) is 23.5 Å². The van der Waals surface area contributed by atoms with Crippen LogP contribution in [0.25, 0.3) is 0 Å². The van der Waals surface area contributed by atoms with E-state index in [1.807, 2.05) is 12.1 Å². The van der Waals surface area contributed by atoms with Gasteiger partial charge in [-0.15, -0.1) is 0 Å². The van der Waals surface area contributed by atoms with Gasteiger partial charge < -0.3 is 9.47 Å². The summed E-state index contributed by atoms with van der Waals surface area (Å²) in [6, 6.07) is 6.52. The Hall–Kier alpha value is -1.69. The van der Waals surface area contributed by atoms with Gasteiger partial charge in [0.1, 0.15) is 0 Å². The van der Waals surface area contributed by atoms with Crippen LogP contribution < -0.4 is 14.9 Å². The number of nitrogens with zero attached hydrogens (tertiary/aromatic N) is 2. The Kier molecular flexibility index (Phi) is 5.15. The van der Waals surface area contributed by atoms with Crippen LogP contribution in [0.4, 0.5) is 0 Å². The molecule has 0 saturated heterocycles. The second-order valence-corrected chi connectivity index (χ2v) is 7.90. The van der Waals surface area contributed by atoms with Crippen molar-refractivity contribution in [3.63, 3.8) is 0 Å². The molecule has 4 rings (SSSR count). The van der Waals surface area contributed by atoms with E-state index >= 15 is 0 Å². The maximum absolute atomic E-state index is 5.78. The van der Waals surface area contributed by atoms with Crippen LogP contribution in [0.3, 0.4) is 0 Å². The third kappa shape index (κ3) is 3.94. The lowest BCUT2D eigenvalue weighted by molar-refractivity contribution is 0.297. The molecular formula is C19H25N3O2S. The number of aliphatic imine (C=N–C) groups is 1. The molecule has 3 aliphatic rings. The number of fused-ring (bicyclic) bond motifs is 1. The van der Waals surface area contributed by atoms with Crippen molar-refractivity contribution in [3.8, 4) is 11.5 Å². The Morgan fingerprint density at radius 1 is 1.12 bits per heavy atom. The molecule has 2 aliphatic heterocycles. The lowest BCUT2D eigenvalue weighted by atomic mass is 9.86. The van der Waals surface area contributed by atoms with E-state index in [0.717, 1.165) is 40.1 Å². The predicted molar refractivity (Wildman–Crippen MR) is 103 cm³/mol. The fourth-order valence-corrected chi connectivity index (χ4v) is 4.34. The molecule has 0 radical (unpaired) electrons. The minimum atomic E-state index is 0.443. The number of benzene rings is 1. The SMILES string of the molecule is C[C@@H]1CCCC[C@@H]1N=C1NN=C(c2ccc3c(c2)OCCCO3)CS1. The van der Waals surface area contributed by atoms with Gasteiger partial charge in [-0.25, -0.2) is 0 Å². The number of ether oxygens (including phenoxy) is 2. The zero-order chi connectivity index (χ0) is 17.1. The van der Waals surface area contributed by atoms with Gasteiger partial charge in [0.15, 0.2) is 16.7 Å². The summed E-state index contributed by atoms with van der Waals surface area (Å²) in [6.45, 7) is 3.73. The number of nitrogens with one attached hydrogen (secondary N) is 1. The Morgan fingerprint density at radius 3 is 2.76 bits per heavy atom. The maximum atomic E-state index is 5.78. The highest BCUT2D eigenvalue weighted by Crippen LogP contribution is 2.32. The average Bonchev–Trinajstić information content (AvgIpc) is 2.89. The number of rotatable bonds is 2. The highest BCUT2D eigenvalue weighted by atomic mass is 32.2. The van der Waals surface area contributed by atoms with Crippen molar-refractivity contribution < 1.29 is 9.47 Å². The van der Waals surface area contributed by atoms with E-state index in [4.69, 9.17) is 14.5 Å². The van der Waals surface area contributed by atoms with Crippen LogP contribution in [-0.2, 0) is 0 Å². The van der Waals surface area contributed by atoms with Crippen molar-refractivity contribution in [1.29, 1.82) is 0 Å². The average molecular weight is 359 g/mol. The number of hydrogen-bond acceptors (Lipinski definition) is 5. The van der Waals surface area contributed by atoms with Crippen molar-refractivity contribution in [1.82, 2.24) is 5.43 Å². The van der Waals surface area contributed by atoms with Gasteiger partial charge in [0.2, 0.25) is 0 Å². The van der Waals surface area contributed by atoms with Crippen LogP contribution in [0, 0.1) is 5.92 Å². The molecule has 1 aromatic rings. The summed E-state index contributed by atoms with van der Waals surface area (Å²) in [6.07, 6.45) is 6.04. The summed E-state index contributed by atoms with van der Waals surface area (Å²) < 4.78 is 11.5. The molecule has 2 heterocycles. The fraction of sp³-hybridized carbons (Fsp3) is 0.579. The van der Waals surface area contributed by atoms with E-state index < -0.39 is 0 Å². The molecule has 25 heavy (non-hydrogen) atoms. The van der Waals surface area contributed by atoms with Crippen LogP contribution in [-0.4, -0.2) is 35.9 Å². The molecule has 2 atom stereocenters. The Labute approximate surface area is 153 Å². The monoisotopic (exact) mass is 359 g/mol. The summed E-state index contributed by atoms with van der Waals surface area (Å²) in [5, 5.41) is 5.52. The van der Waals surface area contributed by atoms with Crippen molar-refractivity contribution in [2.24, 2.45) is 16.0 Å². The minimum Gasteiger partial charge on any atom is -0.490 e. The molecule has 1 N–H and O–H groups in total. The molecule has 0 bridgehead atoms. The van der Waals surface area contributed by atoms with E-state index in [0.29, 0.717) is 25.2 Å². The van der Waals surface area contributed by atoms with Crippen LogP contribution in [0.5, 0.6) is 11.5 Å². The summed E-state index contributed by atoms with van der Waals surface area (Å²) in [4.78, 5) is 4.90. The summed E-state index contributed by atoms with van der Waals surface area (Å²) in [7, 11) is 0. The molecular weight excluding hydrogens is 334 g/mol. The third-order valence-electron chi connectivity index (χ3n) is 5.06. The molecule has 1 saturated carbocycles. The highest BCUT2D eigenvalue weighted by Gasteiger charge is 2.23. The topological polar surface area (TPSA) is 55.2 Å². The van der Waals surface area contributed by atoms with Crippen LogP contribution in [0.1, 0.15) is 44.6 Å². The standard InChI is InChI=1S/C19H25N3O2S/c1-13-5-2-3-6-15(13)20-19-22-21-16(12-25-19)14-7-8-17-18(11-14)24-10-4-9-23-17/h7-8,11,13,15H,2-6,9-10,12H2,1H3,(H,20,22)/t13-,15+/m1/s1. The maximum Gasteiger partial charge on any atom is 0.177 e. The molecule has 0 amide bonds. The molecule has 0 unspecified atom stereocenters. The first-order valence-electron chi connectivity index (χ1n) is 9.23. The number of hydrazone groups is 1. The van der Waals surface area contributed by atoms with Gasteiger partial charge in [-0.2, -0.15) is 5.10 Å². The molecule has 1 fully saturated rings. The summed E-state index contributed by atoms with van der Waals surface area (Å²) >= 11 is 1.74. The van der Waals surface area contributed by atoms with E-state index in [9.17, 15) is 0 Å². The largest absolute Gasteiger partial charge is 0.490 e. The minimum absolute atomic E-state index is 0.443. The summed E-state index contributed by atoms with van der Waals surface area (Å²) in [5.74, 6) is 3.15. The highest BCUT2D eigenvalue weighted by molar-refractivity contribution is 8.14. The Balaban J connectivity index is 1.46. The quantitative estimate of drug-likeness (QED) is 0.872. The summed E-state index contributed by atoms with van der Waals surface area (Å²) in [5.41, 5.74) is 5.26. The first-order valence-corrected chi connectivity index (χ1v) is 10.2. The molecule has 1 aliphatic carbocycles. The van der Waals surface area contributed by atoms with E-state index in [1.54, 1.807) is 11.8 Å². The van der Waals surface area contributed by atoms with Gasteiger partial charge in [0.05, 0.1) is 25.0 Å². The molecule has 134 valence electrons. The van der Waals surface area contributed by atoms with Crippen molar-refractivity contribution in [2.45, 2.75) is 45.1 Å². The number of thioether (sulfide) groups is 1. The Bertz CT molecular complexity index is 689. The second kappa shape index (κ2) is 7.68. The van der Waals surface area contributed by atoms with Gasteiger partial charge in [-0.3, -0.25) is 10.4 Å². The van der Waals surface area contributed by atoms with Gasteiger partial charge in [-0.1, -0.05) is 31.5 Å². The molecule has 5 nitrogen and oxygen atoms in total. The molecule has 1 aromatic carbocycles. The zero-order valence-electron chi connectivity index (χ0n) is 14.7. The van der Waals surface area contributed by atoms with Crippen LogP contribution >= 0.6 is 11.8 Å². The molecule has 6 heteroatoms. The molecule has 0 aromatic heterocycles. The second-order valence-electron chi connectivity index (χ2n) is 6.93. The first-order chi connectivity index (χ1) is 12.3. The van der Waals surface area contributed by atoms with E-state index in [1.165, 1.54) is 25.7 Å². The zero-order valence-corrected chi connectivity index (χ0v) is 15.5. The molecule has 0 spiro atoms. The third-order valence-corrected chi connectivity index (χ3v) is 5.95. The van der Waals surface area contributed by atoms with E-state index in [-0.39, 0.29) is 0 Å². The Morgan fingerprint density at radius 2 is 1.96 bits per heavy atom.